The van der Waals surface area contributed by atoms with Crippen molar-refractivity contribution in [3.8, 4) is 5.75 Å². The first-order chi connectivity index (χ1) is 7.63. The van der Waals surface area contributed by atoms with Gasteiger partial charge >= 0.3 is 0 Å². The van der Waals surface area contributed by atoms with Crippen molar-refractivity contribution in [2.45, 2.75) is 6.92 Å². The number of carbonyl (C=O) groups excluding carboxylic acids is 1. The van der Waals surface area contributed by atoms with Gasteiger partial charge in [0.1, 0.15) is 5.75 Å². The Bertz CT molecular complexity index is 382. The molecule has 16 heavy (non-hydrogen) atoms. The normalized spacial score (nSPS) is 10.0. The van der Waals surface area contributed by atoms with Crippen molar-refractivity contribution in [3.05, 3.63) is 23.2 Å². The number of nitrogens with two attached hydrogens (primary N) is 1. The highest BCUT2D eigenvalue weighted by molar-refractivity contribution is 6.32. The van der Waals surface area contributed by atoms with Gasteiger partial charge in [0.2, 0.25) is 5.91 Å². The number of carbonyl (C=O) groups is 1. The molecule has 2 N–H and O–H groups in total. The van der Waals surface area contributed by atoms with Crippen molar-refractivity contribution in [2.75, 3.05) is 25.1 Å². The van der Waals surface area contributed by atoms with Crippen LogP contribution in [0, 0.1) is 0 Å². The zero-order valence-electron chi connectivity index (χ0n) is 9.37. The summed E-state index contributed by atoms with van der Waals surface area (Å²) >= 11 is 5.98. The van der Waals surface area contributed by atoms with Crippen LogP contribution < -0.4 is 15.4 Å². The van der Waals surface area contributed by atoms with Crippen LogP contribution in [0.1, 0.15) is 6.92 Å². The Labute approximate surface area is 99.9 Å². The summed E-state index contributed by atoms with van der Waals surface area (Å²) in [6.45, 7) is 2.42. The maximum Gasteiger partial charge on any atom is 0.240 e. The Hall–Kier alpha value is -1.26. The van der Waals surface area contributed by atoms with Crippen LogP contribution in [-0.4, -0.2) is 26.1 Å². The standard InChI is InChI=1S/C11H15ClN2O2/c1-3-14(11(15)7-13)8-4-5-10(16-2)9(12)6-8/h4-6H,3,7,13H2,1-2H3. The van der Waals surface area contributed by atoms with Crippen LogP contribution >= 0.6 is 11.6 Å². The molecular weight excluding hydrogens is 228 g/mol. The van der Waals surface area contributed by atoms with Gasteiger partial charge in [-0.05, 0) is 25.1 Å². The van der Waals surface area contributed by atoms with E-state index >= 15 is 0 Å². The van der Waals surface area contributed by atoms with Crippen molar-refractivity contribution in [1.82, 2.24) is 0 Å². The lowest BCUT2D eigenvalue weighted by Crippen LogP contribution is -2.35. The highest BCUT2D eigenvalue weighted by Crippen LogP contribution is 2.29. The fourth-order valence-corrected chi connectivity index (χ4v) is 1.69. The molecule has 0 aliphatic carbocycles. The third kappa shape index (κ3) is 2.65. The van der Waals surface area contributed by atoms with Crippen molar-refractivity contribution in [2.24, 2.45) is 5.73 Å². The molecule has 0 atom stereocenters. The van der Waals surface area contributed by atoms with E-state index in [1.54, 1.807) is 30.2 Å². The molecule has 88 valence electrons. The Morgan fingerprint density at radius 1 is 1.56 bits per heavy atom. The number of likely N-dealkylation sites (N-methyl/N-ethyl adjacent to an activating group) is 1. The summed E-state index contributed by atoms with van der Waals surface area (Å²) < 4.78 is 5.04. The fourth-order valence-electron chi connectivity index (χ4n) is 1.44. The topological polar surface area (TPSA) is 55.6 Å². The number of rotatable bonds is 4. The molecular formula is C11H15ClN2O2. The van der Waals surface area contributed by atoms with Gasteiger partial charge in [-0.25, -0.2) is 0 Å². The predicted octanol–water partition coefficient (Wildman–Crippen LogP) is 1.66. The summed E-state index contributed by atoms with van der Waals surface area (Å²) in [5, 5.41) is 0.475. The number of anilines is 1. The molecule has 0 aliphatic rings. The summed E-state index contributed by atoms with van der Waals surface area (Å²) in [5.41, 5.74) is 6.06. The van der Waals surface area contributed by atoms with Crippen LogP contribution in [0.15, 0.2) is 18.2 Å². The van der Waals surface area contributed by atoms with Crippen molar-refractivity contribution in [3.63, 3.8) is 0 Å². The van der Waals surface area contributed by atoms with Gasteiger partial charge in [0, 0.05) is 12.2 Å². The fraction of sp³-hybridized carbons (Fsp3) is 0.364. The van der Waals surface area contributed by atoms with Gasteiger partial charge < -0.3 is 15.4 Å². The Balaban J connectivity index is 3.03. The Morgan fingerprint density at radius 2 is 2.25 bits per heavy atom. The zero-order chi connectivity index (χ0) is 12.1. The van der Waals surface area contributed by atoms with Crippen LogP contribution in [0.25, 0.3) is 0 Å². The smallest absolute Gasteiger partial charge is 0.240 e. The molecule has 0 fully saturated rings. The van der Waals surface area contributed by atoms with E-state index in [9.17, 15) is 4.79 Å². The minimum absolute atomic E-state index is 0.0164. The van der Waals surface area contributed by atoms with E-state index in [0.717, 1.165) is 5.69 Å². The van der Waals surface area contributed by atoms with Crippen LogP contribution in [0.3, 0.4) is 0 Å². The molecule has 0 unspecified atom stereocenters. The molecule has 1 amide bonds. The lowest BCUT2D eigenvalue weighted by molar-refractivity contribution is -0.117. The number of methoxy groups -OCH3 is 1. The molecule has 0 aliphatic heterocycles. The van der Waals surface area contributed by atoms with Crippen molar-refractivity contribution in [1.29, 1.82) is 0 Å². The van der Waals surface area contributed by atoms with Gasteiger partial charge in [-0.3, -0.25) is 4.79 Å². The van der Waals surface area contributed by atoms with Crippen LogP contribution in [-0.2, 0) is 4.79 Å². The van der Waals surface area contributed by atoms with E-state index in [2.05, 4.69) is 0 Å². The molecule has 0 bridgehead atoms. The van der Waals surface area contributed by atoms with Crippen molar-refractivity contribution < 1.29 is 9.53 Å². The van der Waals surface area contributed by atoms with Crippen LogP contribution in [0.2, 0.25) is 5.02 Å². The lowest BCUT2D eigenvalue weighted by Gasteiger charge is -2.20. The van der Waals surface area contributed by atoms with E-state index in [1.165, 1.54) is 0 Å². The molecule has 0 radical (unpaired) electrons. The molecule has 0 aromatic heterocycles. The SMILES string of the molecule is CCN(C(=O)CN)c1ccc(OC)c(Cl)c1. The van der Waals surface area contributed by atoms with Gasteiger partial charge in [-0.15, -0.1) is 0 Å². The van der Waals surface area contributed by atoms with Gasteiger partial charge in [0.05, 0.1) is 18.7 Å². The highest BCUT2D eigenvalue weighted by Gasteiger charge is 2.13. The number of halogens is 1. The summed E-state index contributed by atoms with van der Waals surface area (Å²) in [5.74, 6) is 0.449. The summed E-state index contributed by atoms with van der Waals surface area (Å²) in [4.78, 5) is 13.1. The minimum Gasteiger partial charge on any atom is -0.495 e. The molecule has 1 aromatic carbocycles. The third-order valence-corrected chi connectivity index (χ3v) is 2.53. The monoisotopic (exact) mass is 242 g/mol. The van der Waals surface area contributed by atoms with Gasteiger partial charge in [-0.2, -0.15) is 0 Å². The van der Waals surface area contributed by atoms with Crippen molar-refractivity contribution >= 4 is 23.2 Å². The van der Waals surface area contributed by atoms with Gasteiger partial charge in [-0.1, -0.05) is 11.6 Å². The van der Waals surface area contributed by atoms with Crippen LogP contribution in [0.5, 0.6) is 5.75 Å². The van der Waals surface area contributed by atoms with E-state index in [-0.39, 0.29) is 12.5 Å². The average molecular weight is 243 g/mol. The summed E-state index contributed by atoms with van der Waals surface area (Å²) in [6.07, 6.45) is 0. The van der Waals surface area contributed by atoms with E-state index < -0.39 is 0 Å². The number of benzene rings is 1. The molecule has 1 rings (SSSR count). The Kier molecular flexibility index (Phi) is 4.58. The average Bonchev–Trinajstić information content (AvgIpc) is 2.30. The lowest BCUT2D eigenvalue weighted by atomic mass is 10.2. The first kappa shape index (κ1) is 12.8. The predicted molar refractivity (Wildman–Crippen MR) is 65.1 cm³/mol. The summed E-state index contributed by atoms with van der Waals surface area (Å²) in [7, 11) is 1.55. The van der Waals surface area contributed by atoms with Gasteiger partial charge in [0.25, 0.3) is 0 Å². The van der Waals surface area contributed by atoms with E-state index in [1.807, 2.05) is 6.92 Å². The van der Waals surface area contributed by atoms with E-state index in [0.29, 0.717) is 17.3 Å². The number of amides is 1. The highest BCUT2D eigenvalue weighted by atomic mass is 35.5. The molecule has 0 saturated carbocycles. The first-order valence-electron chi connectivity index (χ1n) is 4.98. The largest absolute Gasteiger partial charge is 0.495 e. The second-order valence-electron chi connectivity index (χ2n) is 3.16. The number of nitrogens with zero attached hydrogens (tertiary/aromatic N) is 1. The number of hydrogen-bond donors (Lipinski definition) is 1. The summed E-state index contributed by atoms with van der Waals surface area (Å²) in [6, 6.07) is 5.20. The molecule has 5 heteroatoms. The van der Waals surface area contributed by atoms with Gasteiger partial charge in [0.15, 0.2) is 0 Å². The molecule has 0 spiro atoms. The Morgan fingerprint density at radius 3 is 2.69 bits per heavy atom. The molecule has 0 heterocycles. The molecule has 4 nitrogen and oxygen atoms in total. The zero-order valence-corrected chi connectivity index (χ0v) is 10.1. The number of ether oxygens (including phenoxy) is 1. The second-order valence-corrected chi connectivity index (χ2v) is 3.57. The minimum atomic E-state index is -0.135. The maximum absolute atomic E-state index is 11.5. The third-order valence-electron chi connectivity index (χ3n) is 2.24. The molecule has 0 saturated heterocycles. The van der Waals surface area contributed by atoms with Crippen LogP contribution in [0.4, 0.5) is 5.69 Å². The second kappa shape index (κ2) is 5.72. The number of hydrogen-bond acceptors (Lipinski definition) is 3. The van der Waals surface area contributed by atoms with E-state index in [4.69, 9.17) is 22.1 Å². The first-order valence-corrected chi connectivity index (χ1v) is 5.35. The molecule has 1 aromatic rings. The maximum atomic E-state index is 11.5. The quantitative estimate of drug-likeness (QED) is 0.874.